The zero-order chi connectivity index (χ0) is 28.2. The number of nitrogens with one attached hydrogen (secondary N) is 3. The first-order valence-corrected chi connectivity index (χ1v) is 14.9. The number of hydrogen-bond acceptors (Lipinski definition) is 6. The van der Waals surface area contributed by atoms with Gasteiger partial charge in [0.05, 0.1) is 19.3 Å². The number of ether oxygens (including phenoxy) is 2. The quantitative estimate of drug-likeness (QED) is 0.200. The Kier molecular flexibility index (Phi) is 11.7. The van der Waals surface area contributed by atoms with E-state index in [9.17, 15) is 9.59 Å². The number of hydrogen-bond donors (Lipinski definition) is 3. The van der Waals surface area contributed by atoms with Crippen LogP contribution >= 0.6 is 23.4 Å². The molecular formula is C31H36ClN3O4S. The molecule has 40 heavy (non-hydrogen) atoms. The predicted molar refractivity (Wildman–Crippen MR) is 160 cm³/mol. The fourth-order valence-corrected chi connectivity index (χ4v) is 5.83. The SMILES string of the molecule is COC(=O)NC(C(=O)NCCCC1CNCC(CSc2ccc(Cl)cc2)O1)C(c1ccccc1)c1ccccc1. The predicted octanol–water partition coefficient (Wildman–Crippen LogP) is 5.24. The zero-order valence-electron chi connectivity index (χ0n) is 22.6. The van der Waals surface area contributed by atoms with E-state index in [4.69, 9.17) is 21.1 Å². The van der Waals surface area contributed by atoms with Crippen molar-refractivity contribution in [2.24, 2.45) is 0 Å². The standard InChI is InChI=1S/C31H36ClN3O4S/c1-38-31(37)35-29(28(22-9-4-2-5-10-22)23-11-6-3-7-12-23)30(36)34-18-8-13-25-19-33-20-26(39-25)21-40-27-16-14-24(32)15-17-27/h2-7,9-12,14-17,25-26,28-29,33H,8,13,18-21H2,1H3,(H,34,36)(H,35,37). The van der Waals surface area contributed by atoms with Crippen molar-refractivity contribution in [3.8, 4) is 0 Å². The van der Waals surface area contributed by atoms with Crippen LogP contribution in [0.2, 0.25) is 5.02 Å². The summed E-state index contributed by atoms with van der Waals surface area (Å²) in [5.41, 5.74) is 1.85. The Morgan fingerprint density at radius 2 is 1.60 bits per heavy atom. The van der Waals surface area contributed by atoms with E-state index < -0.39 is 12.1 Å². The van der Waals surface area contributed by atoms with E-state index in [2.05, 4.69) is 16.0 Å². The minimum Gasteiger partial charge on any atom is -0.453 e. The lowest BCUT2D eigenvalue weighted by Gasteiger charge is -2.31. The largest absolute Gasteiger partial charge is 0.453 e. The molecule has 3 unspecified atom stereocenters. The molecule has 1 heterocycles. The molecular weight excluding hydrogens is 546 g/mol. The van der Waals surface area contributed by atoms with E-state index in [-0.39, 0.29) is 24.0 Å². The molecule has 2 amide bonds. The first kappa shape index (κ1) is 29.9. The van der Waals surface area contributed by atoms with Gasteiger partial charge in [0.15, 0.2) is 0 Å². The van der Waals surface area contributed by atoms with Gasteiger partial charge in [-0.3, -0.25) is 4.79 Å². The molecule has 4 rings (SSSR count). The lowest BCUT2D eigenvalue weighted by molar-refractivity contribution is -0.123. The molecule has 3 atom stereocenters. The smallest absolute Gasteiger partial charge is 0.407 e. The van der Waals surface area contributed by atoms with Gasteiger partial charge in [-0.2, -0.15) is 0 Å². The number of carbonyl (C=O) groups excluding carboxylic acids is 2. The second kappa shape index (κ2) is 15.7. The van der Waals surface area contributed by atoms with Crippen LogP contribution in [0, 0.1) is 0 Å². The Bertz CT molecular complexity index is 1160. The molecule has 0 bridgehead atoms. The third kappa shape index (κ3) is 8.99. The number of morpholine rings is 1. The van der Waals surface area contributed by atoms with Crippen molar-refractivity contribution in [1.82, 2.24) is 16.0 Å². The monoisotopic (exact) mass is 581 g/mol. The Morgan fingerprint density at radius 3 is 2.23 bits per heavy atom. The molecule has 3 aromatic carbocycles. The number of amides is 2. The first-order valence-electron chi connectivity index (χ1n) is 13.5. The van der Waals surface area contributed by atoms with E-state index >= 15 is 0 Å². The summed E-state index contributed by atoms with van der Waals surface area (Å²) < 4.78 is 11.2. The first-order chi connectivity index (χ1) is 19.5. The lowest BCUT2D eigenvalue weighted by atomic mass is 9.84. The number of rotatable bonds is 12. The van der Waals surface area contributed by atoms with E-state index in [1.807, 2.05) is 84.9 Å². The summed E-state index contributed by atoms with van der Waals surface area (Å²) >= 11 is 7.74. The summed E-state index contributed by atoms with van der Waals surface area (Å²) in [5, 5.41) is 10.0. The van der Waals surface area contributed by atoms with Gasteiger partial charge in [-0.1, -0.05) is 72.3 Å². The van der Waals surface area contributed by atoms with Crippen LogP contribution < -0.4 is 16.0 Å². The average Bonchev–Trinajstić information content (AvgIpc) is 3.00. The van der Waals surface area contributed by atoms with Crippen LogP contribution in [0.3, 0.4) is 0 Å². The van der Waals surface area contributed by atoms with Gasteiger partial charge in [0.2, 0.25) is 5.91 Å². The molecule has 1 aliphatic rings. The highest BCUT2D eigenvalue weighted by Crippen LogP contribution is 2.29. The molecule has 0 aliphatic carbocycles. The van der Waals surface area contributed by atoms with E-state index in [0.717, 1.165) is 52.7 Å². The van der Waals surface area contributed by atoms with Crippen LogP contribution in [0.5, 0.6) is 0 Å². The van der Waals surface area contributed by atoms with E-state index in [0.29, 0.717) is 6.54 Å². The molecule has 7 nitrogen and oxygen atoms in total. The van der Waals surface area contributed by atoms with Gasteiger partial charge < -0.3 is 25.4 Å². The molecule has 9 heteroatoms. The second-order valence-electron chi connectivity index (χ2n) is 9.65. The maximum atomic E-state index is 13.5. The van der Waals surface area contributed by atoms with Gasteiger partial charge in [0.25, 0.3) is 0 Å². The van der Waals surface area contributed by atoms with Crippen molar-refractivity contribution in [2.75, 3.05) is 32.5 Å². The van der Waals surface area contributed by atoms with Crippen molar-refractivity contribution in [3.05, 3.63) is 101 Å². The summed E-state index contributed by atoms with van der Waals surface area (Å²) in [6.45, 7) is 2.07. The molecule has 1 aliphatic heterocycles. The van der Waals surface area contributed by atoms with Crippen molar-refractivity contribution < 1.29 is 19.1 Å². The summed E-state index contributed by atoms with van der Waals surface area (Å²) in [7, 11) is 1.30. The topological polar surface area (TPSA) is 88.7 Å². The van der Waals surface area contributed by atoms with Gasteiger partial charge in [-0.15, -0.1) is 11.8 Å². The number of benzene rings is 3. The fraction of sp³-hybridized carbons (Fsp3) is 0.355. The van der Waals surface area contributed by atoms with Crippen LogP contribution in [-0.4, -0.2) is 62.7 Å². The van der Waals surface area contributed by atoms with E-state index in [1.54, 1.807) is 11.8 Å². The molecule has 0 aromatic heterocycles. The molecule has 1 saturated heterocycles. The van der Waals surface area contributed by atoms with Crippen molar-refractivity contribution in [2.45, 2.75) is 41.9 Å². The molecule has 1 fully saturated rings. The Hall–Kier alpha value is -3.04. The van der Waals surface area contributed by atoms with Crippen molar-refractivity contribution in [3.63, 3.8) is 0 Å². The maximum absolute atomic E-state index is 13.5. The van der Waals surface area contributed by atoms with Crippen LogP contribution in [0.25, 0.3) is 0 Å². The Morgan fingerprint density at radius 1 is 0.975 bits per heavy atom. The fourth-order valence-electron chi connectivity index (χ4n) is 4.80. The van der Waals surface area contributed by atoms with Gasteiger partial charge in [0, 0.05) is 41.2 Å². The normalized spacial score (nSPS) is 17.7. The van der Waals surface area contributed by atoms with E-state index in [1.165, 1.54) is 7.11 Å². The Balaban J connectivity index is 1.32. The summed E-state index contributed by atoms with van der Waals surface area (Å²) in [6.07, 6.45) is 1.10. The minimum absolute atomic E-state index is 0.0758. The Labute approximate surface area is 245 Å². The highest BCUT2D eigenvalue weighted by atomic mass is 35.5. The maximum Gasteiger partial charge on any atom is 0.407 e. The number of thioether (sulfide) groups is 1. The van der Waals surface area contributed by atoms with Gasteiger partial charge in [0.1, 0.15) is 6.04 Å². The third-order valence-electron chi connectivity index (χ3n) is 6.77. The van der Waals surface area contributed by atoms with Crippen LogP contribution in [0.15, 0.2) is 89.8 Å². The van der Waals surface area contributed by atoms with Gasteiger partial charge in [-0.05, 0) is 48.2 Å². The molecule has 3 N–H and O–H groups in total. The summed E-state index contributed by atoms with van der Waals surface area (Å²) in [4.78, 5) is 26.9. The highest BCUT2D eigenvalue weighted by molar-refractivity contribution is 7.99. The van der Waals surface area contributed by atoms with Crippen LogP contribution in [-0.2, 0) is 14.3 Å². The summed E-state index contributed by atoms with van der Waals surface area (Å²) in [6, 6.07) is 26.4. The second-order valence-corrected chi connectivity index (χ2v) is 11.2. The lowest BCUT2D eigenvalue weighted by Crippen LogP contribution is -2.50. The zero-order valence-corrected chi connectivity index (χ0v) is 24.1. The molecule has 0 radical (unpaired) electrons. The van der Waals surface area contributed by atoms with Crippen LogP contribution in [0.1, 0.15) is 29.9 Å². The summed E-state index contributed by atoms with van der Waals surface area (Å²) in [5.74, 6) is 0.206. The van der Waals surface area contributed by atoms with Gasteiger partial charge in [-0.25, -0.2) is 4.79 Å². The molecule has 3 aromatic rings. The van der Waals surface area contributed by atoms with Crippen molar-refractivity contribution >= 4 is 35.4 Å². The molecule has 0 spiro atoms. The molecule has 0 saturated carbocycles. The highest BCUT2D eigenvalue weighted by Gasteiger charge is 2.32. The number of halogens is 1. The number of methoxy groups -OCH3 is 1. The third-order valence-corrected chi connectivity index (χ3v) is 8.17. The van der Waals surface area contributed by atoms with Crippen LogP contribution in [0.4, 0.5) is 4.79 Å². The van der Waals surface area contributed by atoms with Gasteiger partial charge >= 0.3 is 6.09 Å². The molecule has 212 valence electrons. The average molecular weight is 582 g/mol. The number of carbonyl (C=O) groups is 2. The van der Waals surface area contributed by atoms with Crippen molar-refractivity contribution in [1.29, 1.82) is 0 Å². The number of alkyl carbamates (subject to hydrolysis) is 1. The minimum atomic E-state index is -0.848.